The minimum Gasteiger partial charge on any atom is -0.381 e. The van der Waals surface area contributed by atoms with Crippen LogP contribution in [0.1, 0.15) is 0 Å². The highest BCUT2D eigenvalue weighted by atomic mass is 35.5. The first-order valence-corrected chi connectivity index (χ1v) is 13.9. The van der Waals surface area contributed by atoms with Gasteiger partial charge < -0.3 is 9.47 Å². The molecule has 3 fully saturated rings. The lowest BCUT2D eigenvalue weighted by Gasteiger charge is -2.41. The maximum Gasteiger partial charge on any atom is 0.167 e. The Morgan fingerprint density at radius 3 is 0.812 bits per heavy atom. The number of hydrogen-bond donors (Lipinski definition) is 0. The summed E-state index contributed by atoms with van der Waals surface area (Å²) in [5.74, 6) is -2.09. The lowest BCUT2D eigenvalue weighted by atomic mass is 9.81. The summed E-state index contributed by atoms with van der Waals surface area (Å²) in [6.45, 7) is 0.300. The van der Waals surface area contributed by atoms with E-state index in [2.05, 4.69) is 0 Å². The van der Waals surface area contributed by atoms with Gasteiger partial charge in [-0.25, -0.2) is 0 Å². The van der Waals surface area contributed by atoms with Gasteiger partial charge in [0.2, 0.25) is 0 Å². The standard InChI is InChI=1S/C18H12Cl12O2/c19-9-10(20)14(24)6-3-32-4-8-7(2-31-1-5(6)13(9,23)17(14,27)28)15(25)11(21)12(22)16(8,26)18(15,29)30/h5-8H,1-4H2/t5-,6+,7-,8+,13-,14+,15-,16+. The van der Waals surface area contributed by atoms with Crippen LogP contribution in [0.3, 0.4) is 0 Å². The molecule has 1 aliphatic heterocycles. The molecule has 32 heavy (non-hydrogen) atoms. The Kier molecular flexibility index (Phi) is 6.39. The van der Waals surface area contributed by atoms with Gasteiger partial charge in [-0.1, -0.05) is 92.8 Å². The van der Waals surface area contributed by atoms with Crippen LogP contribution in [-0.4, -0.2) is 54.6 Å². The predicted molar refractivity (Wildman–Crippen MR) is 136 cm³/mol. The van der Waals surface area contributed by atoms with Crippen molar-refractivity contribution in [3.63, 3.8) is 0 Å². The van der Waals surface area contributed by atoms with E-state index in [4.69, 9.17) is 149 Å². The SMILES string of the molecule is ClC1=C(Cl)[C@]2(Cl)[C@@H]3COC[C@@H]4[C@H](COC[C@@H]3[C@@]1(Cl)C2(Cl)Cl)[C@]1(Cl)C(Cl)=C(Cl)[C@@]4(Cl)C1(Cl)Cl. The first-order chi connectivity index (χ1) is 14.6. The fourth-order valence-electron chi connectivity index (χ4n) is 5.98. The maximum absolute atomic E-state index is 6.93. The van der Waals surface area contributed by atoms with Gasteiger partial charge in [-0.2, -0.15) is 0 Å². The van der Waals surface area contributed by atoms with E-state index in [1.165, 1.54) is 0 Å². The lowest BCUT2D eigenvalue weighted by Crippen LogP contribution is -2.46. The zero-order valence-electron chi connectivity index (χ0n) is 15.5. The normalized spacial score (nSPS) is 53.6. The van der Waals surface area contributed by atoms with E-state index >= 15 is 0 Å². The minimum atomic E-state index is -1.71. The molecule has 4 bridgehead atoms. The third-order valence-electron chi connectivity index (χ3n) is 7.70. The zero-order valence-corrected chi connectivity index (χ0v) is 24.6. The van der Waals surface area contributed by atoms with E-state index in [9.17, 15) is 0 Å². The number of ether oxygens (including phenoxy) is 2. The summed E-state index contributed by atoms with van der Waals surface area (Å²) in [6.07, 6.45) is 0. The molecule has 8 atom stereocenters. The van der Waals surface area contributed by atoms with Crippen molar-refractivity contribution in [3.05, 3.63) is 20.1 Å². The van der Waals surface area contributed by atoms with Gasteiger partial charge in [0.05, 0.1) is 46.6 Å². The van der Waals surface area contributed by atoms with Crippen LogP contribution >= 0.6 is 139 Å². The van der Waals surface area contributed by atoms with Crippen molar-refractivity contribution in [3.8, 4) is 0 Å². The molecule has 1 heterocycles. The monoisotopic (exact) mass is 680 g/mol. The summed E-state index contributed by atoms with van der Waals surface area (Å²) in [5, 5.41) is 0.361. The van der Waals surface area contributed by atoms with Gasteiger partial charge in [-0.05, 0) is 0 Å². The van der Waals surface area contributed by atoms with Crippen LogP contribution in [-0.2, 0) is 9.47 Å². The molecule has 0 radical (unpaired) electrons. The molecular formula is C18H12Cl12O2. The van der Waals surface area contributed by atoms with E-state index in [0.29, 0.717) is 0 Å². The Morgan fingerprint density at radius 2 is 0.625 bits per heavy atom. The second-order valence-electron chi connectivity index (χ2n) is 8.75. The van der Waals surface area contributed by atoms with Crippen molar-refractivity contribution in [1.29, 1.82) is 0 Å². The van der Waals surface area contributed by atoms with E-state index in [0.717, 1.165) is 0 Å². The molecule has 0 spiro atoms. The highest BCUT2D eigenvalue weighted by molar-refractivity contribution is 6.66. The van der Waals surface area contributed by atoms with Crippen molar-refractivity contribution in [2.45, 2.75) is 28.2 Å². The van der Waals surface area contributed by atoms with E-state index in [-0.39, 0.29) is 46.6 Å². The Morgan fingerprint density at radius 1 is 0.438 bits per heavy atom. The van der Waals surface area contributed by atoms with Crippen molar-refractivity contribution in [2.24, 2.45) is 23.7 Å². The summed E-state index contributed by atoms with van der Waals surface area (Å²) in [5.41, 5.74) is 0. The molecule has 0 N–H and O–H groups in total. The van der Waals surface area contributed by atoms with E-state index < -0.39 is 51.8 Å². The smallest absolute Gasteiger partial charge is 0.167 e. The second-order valence-corrected chi connectivity index (χ2v) is 15.3. The second kappa shape index (κ2) is 7.72. The molecular weight excluding hydrogens is 674 g/mol. The van der Waals surface area contributed by atoms with Gasteiger partial charge in [0.15, 0.2) is 8.67 Å². The van der Waals surface area contributed by atoms with Crippen molar-refractivity contribution < 1.29 is 9.47 Å². The highest BCUT2D eigenvalue weighted by Crippen LogP contribution is 2.78. The summed E-state index contributed by atoms with van der Waals surface area (Å²) in [6, 6.07) is 0. The van der Waals surface area contributed by atoms with Crippen LogP contribution in [0.15, 0.2) is 20.1 Å². The number of allylic oxidation sites excluding steroid dienone is 4. The first-order valence-electron chi connectivity index (χ1n) is 9.38. The number of alkyl halides is 8. The molecule has 0 amide bonds. The molecule has 4 aliphatic carbocycles. The highest BCUT2D eigenvalue weighted by Gasteiger charge is 2.84. The minimum absolute atomic E-state index is 0.0751. The average Bonchev–Trinajstić information content (AvgIpc) is 3.04. The fraction of sp³-hybridized carbons (Fsp3) is 0.778. The summed E-state index contributed by atoms with van der Waals surface area (Å²) in [7, 11) is 0. The Labute approximate surface area is 244 Å². The van der Waals surface area contributed by atoms with Crippen LogP contribution in [0.5, 0.6) is 0 Å². The topological polar surface area (TPSA) is 18.5 Å². The average molecular weight is 686 g/mol. The molecule has 5 rings (SSSR count). The van der Waals surface area contributed by atoms with Crippen LogP contribution < -0.4 is 0 Å². The summed E-state index contributed by atoms with van der Waals surface area (Å²) >= 11 is 80.4. The first kappa shape index (κ1) is 26.5. The molecule has 14 heteroatoms. The third-order valence-corrected chi connectivity index (χ3v) is 16.4. The number of halogens is 12. The molecule has 2 saturated carbocycles. The largest absolute Gasteiger partial charge is 0.381 e. The predicted octanol–water partition coefficient (Wildman–Crippen LogP) is 8.19. The van der Waals surface area contributed by atoms with Crippen molar-refractivity contribution in [1.82, 2.24) is 0 Å². The van der Waals surface area contributed by atoms with E-state index in [1.807, 2.05) is 0 Å². The number of hydrogen-bond acceptors (Lipinski definition) is 2. The van der Waals surface area contributed by atoms with Crippen molar-refractivity contribution in [2.75, 3.05) is 26.4 Å². The molecule has 0 unspecified atom stereocenters. The van der Waals surface area contributed by atoms with Gasteiger partial charge >= 0.3 is 0 Å². The van der Waals surface area contributed by atoms with Gasteiger partial charge in [0.25, 0.3) is 0 Å². The van der Waals surface area contributed by atoms with Crippen LogP contribution in [0, 0.1) is 23.7 Å². The molecule has 0 aromatic carbocycles. The maximum atomic E-state index is 6.93. The van der Waals surface area contributed by atoms with Gasteiger partial charge in [-0.15, -0.1) is 46.4 Å². The van der Waals surface area contributed by atoms with Gasteiger partial charge in [0.1, 0.15) is 19.5 Å². The fourth-order valence-corrected chi connectivity index (χ4v) is 12.1. The van der Waals surface area contributed by atoms with Crippen LogP contribution in [0.25, 0.3) is 0 Å². The number of rotatable bonds is 0. The van der Waals surface area contributed by atoms with Gasteiger partial charge in [0, 0.05) is 23.7 Å². The van der Waals surface area contributed by atoms with Crippen LogP contribution in [0.2, 0.25) is 0 Å². The molecule has 1 saturated heterocycles. The Hall–Kier alpha value is 2.88. The molecule has 5 aliphatic rings. The number of fused-ring (bicyclic) bond motifs is 10. The third kappa shape index (κ3) is 2.53. The summed E-state index contributed by atoms with van der Waals surface area (Å²) in [4.78, 5) is -5.91. The summed E-state index contributed by atoms with van der Waals surface area (Å²) < 4.78 is 8.77. The van der Waals surface area contributed by atoms with Gasteiger partial charge in [-0.3, -0.25) is 0 Å². The van der Waals surface area contributed by atoms with E-state index in [1.54, 1.807) is 0 Å². The molecule has 0 aromatic heterocycles. The van der Waals surface area contributed by atoms with Crippen molar-refractivity contribution >= 4 is 139 Å². The molecule has 180 valence electrons. The molecule has 2 nitrogen and oxygen atoms in total. The van der Waals surface area contributed by atoms with Crippen LogP contribution in [0.4, 0.5) is 0 Å². The zero-order chi connectivity index (χ0) is 23.9. The Bertz CT molecular complexity index is 822. The molecule has 0 aromatic rings. The Balaban J connectivity index is 1.54. The lowest BCUT2D eigenvalue weighted by molar-refractivity contribution is -0.0288. The quantitative estimate of drug-likeness (QED) is 0.240.